The molecule has 1 aromatic carbocycles. The lowest BCUT2D eigenvalue weighted by atomic mass is 10.00. The number of halogens is 1. The second-order valence-corrected chi connectivity index (χ2v) is 5.83. The summed E-state index contributed by atoms with van der Waals surface area (Å²) in [7, 11) is 0. The van der Waals surface area contributed by atoms with E-state index in [2.05, 4.69) is 5.32 Å². The fraction of sp³-hybridized carbons (Fsp3) is 0.500. The van der Waals surface area contributed by atoms with E-state index < -0.39 is 30.1 Å². The Morgan fingerprint density at radius 3 is 2.26 bits per heavy atom. The van der Waals surface area contributed by atoms with Gasteiger partial charge in [-0.05, 0) is 24.3 Å². The molecule has 1 aromatic rings. The van der Waals surface area contributed by atoms with E-state index in [1.54, 1.807) is 0 Å². The van der Waals surface area contributed by atoms with E-state index in [1.165, 1.54) is 0 Å². The molecule has 0 aliphatic rings. The van der Waals surface area contributed by atoms with Crippen molar-refractivity contribution in [2.24, 2.45) is 11.7 Å². The Hall–Kier alpha value is -1.63. The van der Waals surface area contributed by atoms with Crippen LogP contribution in [0, 0.1) is 5.92 Å². The first-order valence-corrected chi connectivity index (χ1v) is 7.32. The van der Waals surface area contributed by atoms with Crippen LogP contribution in [0.25, 0.3) is 0 Å². The maximum atomic E-state index is 12.0. The SMILES string of the molecule is CC(C)C[C@H](NC(=O)[C@H](O)[C@H](N)Cc1ccccc1)C(=O)O.[Cl-]. The van der Waals surface area contributed by atoms with Crippen molar-refractivity contribution in [2.45, 2.75) is 44.9 Å². The first-order valence-electron chi connectivity index (χ1n) is 7.32. The average molecular weight is 344 g/mol. The normalized spacial score (nSPS) is 14.5. The van der Waals surface area contributed by atoms with Crippen LogP contribution in [0.3, 0.4) is 0 Å². The molecule has 5 N–H and O–H groups in total. The summed E-state index contributed by atoms with van der Waals surface area (Å²) < 4.78 is 0. The highest BCUT2D eigenvalue weighted by Gasteiger charge is 2.28. The molecule has 1 amide bonds. The van der Waals surface area contributed by atoms with Gasteiger partial charge < -0.3 is 33.7 Å². The second-order valence-electron chi connectivity index (χ2n) is 5.83. The number of amides is 1. The Bertz CT molecular complexity index is 496. The quantitative estimate of drug-likeness (QED) is 0.418. The van der Waals surface area contributed by atoms with Crippen molar-refractivity contribution in [3.8, 4) is 0 Å². The number of carbonyl (C=O) groups is 2. The Morgan fingerprint density at radius 2 is 1.78 bits per heavy atom. The minimum absolute atomic E-state index is 0. The summed E-state index contributed by atoms with van der Waals surface area (Å²) in [5.74, 6) is -1.76. The summed E-state index contributed by atoms with van der Waals surface area (Å²) in [6.07, 6.45) is -0.826. The average Bonchev–Trinajstić information content (AvgIpc) is 2.46. The summed E-state index contributed by atoms with van der Waals surface area (Å²) in [4.78, 5) is 23.1. The van der Waals surface area contributed by atoms with Crippen LogP contribution in [0.4, 0.5) is 0 Å². The Balaban J connectivity index is 0.00000484. The Labute approximate surface area is 142 Å². The number of carboxylic acid groups (broad SMARTS) is 1. The smallest absolute Gasteiger partial charge is 0.326 e. The number of hydrogen-bond acceptors (Lipinski definition) is 4. The minimum Gasteiger partial charge on any atom is -1.00 e. The summed E-state index contributed by atoms with van der Waals surface area (Å²) in [6, 6.07) is 7.44. The van der Waals surface area contributed by atoms with Crippen LogP contribution in [0.2, 0.25) is 0 Å². The van der Waals surface area contributed by atoms with Crippen molar-refractivity contribution < 1.29 is 32.2 Å². The highest BCUT2D eigenvalue weighted by atomic mass is 35.5. The lowest BCUT2D eigenvalue weighted by molar-refractivity contribution is -0.144. The van der Waals surface area contributed by atoms with Gasteiger partial charge in [-0.3, -0.25) is 4.79 Å². The van der Waals surface area contributed by atoms with Gasteiger partial charge in [0.15, 0.2) is 0 Å². The molecule has 0 unspecified atom stereocenters. The number of nitrogens with one attached hydrogen (secondary N) is 1. The monoisotopic (exact) mass is 343 g/mol. The van der Waals surface area contributed by atoms with Crippen LogP contribution in [-0.2, 0) is 16.0 Å². The van der Waals surface area contributed by atoms with Gasteiger partial charge in [-0.15, -0.1) is 0 Å². The van der Waals surface area contributed by atoms with Crippen LogP contribution in [0.1, 0.15) is 25.8 Å². The molecular weight excluding hydrogens is 320 g/mol. The van der Waals surface area contributed by atoms with Crippen LogP contribution in [0.5, 0.6) is 0 Å². The number of aliphatic hydroxyl groups excluding tert-OH is 1. The van der Waals surface area contributed by atoms with E-state index in [0.717, 1.165) is 5.56 Å². The zero-order chi connectivity index (χ0) is 16.7. The number of aliphatic carboxylic acids is 1. The van der Waals surface area contributed by atoms with E-state index in [0.29, 0.717) is 12.8 Å². The van der Waals surface area contributed by atoms with E-state index in [9.17, 15) is 14.7 Å². The number of nitrogens with two attached hydrogens (primary N) is 1. The summed E-state index contributed by atoms with van der Waals surface area (Å²) in [5, 5.41) is 21.4. The van der Waals surface area contributed by atoms with Gasteiger partial charge in [-0.25, -0.2) is 4.79 Å². The van der Waals surface area contributed by atoms with Gasteiger partial charge in [0.05, 0.1) is 0 Å². The lowest BCUT2D eigenvalue weighted by Gasteiger charge is -2.22. The fourth-order valence-electron chi connectivity index (χ4n) is 2.14. The highest BCUT2D eigenvalue weighted by Crippen LogP contribution is 2.08. The number of rotatable bonds is 8. The summed E-state index contributed by atoms with van der Waals surface area (Å²) >= 11 is 0. The maximum Gasteiger partial charge on any atom is 0.326 e. The third kappa shape index (κ3) is 7.45. The molecular formula is C16H24ClN2O4-. The molecule has 0 aromatic heterocycles. The van der Waals surface area contributed by atoms with Gasteiger partial charge >= 0.3 is 5.97 Å². The number of aliphatic hydroxyl groups is 1. The topological polar surface area (TPSA) is 113 Å². The summed E-state index contributed by atoms with van der Waals surface area (Å²) in [6.45, 7) is 3.72. The molecule has 23 heavy (non-hydrogen) atoms. The van der Waals surface area contributed by atoms with Crippen molar-refractivity contribution in [1.29, 1.82) is 0 Å². The largest absolute Gasteiger partial charge is 1.00 e. The minimum atomic E-state index is -1.45. The molecule has 1 rings (SSSR count). The number of carboxylic acids is 1. The van der Waals surface area contributed by atoms with Crippen molar-refractivity contribution >= 4 is 11.9 Å². The van der Waals surface area contributed by atoms with E-state index in [-0.39, 0.29) is 18.3 Å². The van der Waals surface area contributed by atoms with Crippen molar-refractivity contribution in [3.63, 3.8) is 0 Å². The van der Waals surface area contributed by atoms with Crippen LogP contribution in [-0.4, -0.2) is 40.3 Å². The molecule has 0 saturated carbocycles. The fourth-order valence-corrected chi connectivity index (χ4v) is 2.14. The van der Waals surface area contributed by atoms with Crippen LogP contribution >= 0.6 is 0 Å². The van der Waals surface area contributed by atoms with Crippen LogP contribution < -0.4 is 23.5 Å². The highest BCUT2D eigenvalue weighted by molar-refractivity contribution is 5.86. The predicted octanol–water partition coefficient (Wildman–Crippen LogP) is -2.46. The van der Waals surface area contributed by atoms with Crippen LogP contribution in [0.15, 0.2) is 30.3 Å². The van der Waals surface area contributed by atoms with Crippen molar-refractivity contribution in [1.82, 2.24) is 5.32 Å². The third-order valence-corrected chi connectivity index (χ3v) is 3.31. The van der Waals surface area contributed by atoms with E-state index >= 15 is 0 Å². The summed E-state index contributed by atoms with van der Waals surface area (Å²) in [5.41, 5.74) is 6.75. The first-order chi connectivity index (χ1) is 10.3. The molecule has 3 atom stereocenters. The van der Waals surface area contributed by atoms with Gasteiger partial charge in [-0.1, -0.05) is 44.2 Å². The number of hydrogen-bond donors (Lipinski definition) is 4. The predicted molar refractivity (Wildman–Crippen MR) is 83.1 cm³/mol. The Kier molecular flexibility index (Phi) is 9.48. The van der Waals surface area contributed by atoms with Gasteiger partial charge in [0.1, 0.15) is 12.1 Å². The number of carbonyl (C=O) groups excluding carboxylic acids is 1. The molecule has 0 saturated heterocycles. The van der Waals surface area contributed by atoms with E-state index in [4.69, 9.17) is 10.8 Å². The molecule has 0 bridgehead atoms. The molecule has 0 radical (unpaired) electrons. The van der Waals surface area contributed by atoms with Gasteiger partial charge in [0.25, 0.3) is 5.91 Å². The zero-order valence-electron chi connectivity index (χ0n) is 13.3. The first kappa shape index (κ1) is 21.4. The lowest BCUT2D eigenvalue weighted by Crippen LogP contribution is -3.00. The van der Waals surface area contributed by atoms with Gasteiger partial charge in [0, 0.05) is 6.04 Å². The molecule has 0 spiro atoms. The van der Waals surface area contributed by atoms with Crippen molar-refractivity contribution in [2.75, 3.05) is 0 Å². The molecule has 7 heteroatoms. The van der Waals surface area contributed by atoms with Gasteiger partial charge in [-0.2, -0.15) is 0 Å². The number of benzene rings is 1. The molecule has 130 valence electrons. The van der Waals surface area contributed by atoms with Crippen molar-refractivity contribution in [3.05, 3.63) is 35.9 Å². The second kappa shape index (κ2) is 10.2. The third-order valence-electron chi connectivity index (χ3n) is 3.31. The maximum absolute atomic E-state index is 12.0. The van der Waals surface area contributed by atoms with E-state index in [1.807, 2.05) is 44.2 Å². The molecule has 6 nitrogen and oxygen atoms in total. The molecule has 0 aliphatic heterocycles. The molecule has 0 heterocycles. The zero-order valence-corrected chi connectivity index (χ0v) is 14.0. The molecule has 0 aliphatic carbocycles. The standard InChI is InChI=1S/C16H24N2O4.ClH/c1-10(2)8-13(16(21)22)18-15(20)14(19)12(17)9-11-6-4-3-5-7-11;/h3-7,10,12-14,19H,8-9,17H2,1-2H3,(H,18,20)(H,21,22);1H/p-1/t12-,13+,14-;/m1./s1. The van der Waals surface area contributed by atoms with Gasteiger partial charge in [0.2, 0.25) is 0 Å². The Morgan fingerprint density at radius 1 is 1.22 bits per heavy atom. The molecule has 0 fully saturated rings.